The van der Waals surface area contributed by atoms with Crippen molar-refractivity contribution in [1.82, 2.24) is 10.3 Å². The molecule has 0 radical (unpaired) electrons. The van der Waals surface area contributed by atoms with Crippen molar-refractivity contribution in [1.29, 1.82) is 0 Å². The van der Waals surface area contributed by atoms with E-state index in [2.05, 4.69) is 46.7 Å². The van der Waals surface area contributed by atoms with Gasteiger partial charge in [-0.25, -0.2) is 0 Å². The minimum absolute atomic E-state index is 0.798. The molecule has 0 aliphatic heterocycles. The van der Waals surface area contributed by atoms with Crippen molar-refractivity contribution in [3.05, 3.63) is 89.2 Å². The molecule has 1 aromatic heterocycles. The summed E-state index contributed by atoms with van der Waals surface area (Å²) in [6.45, 7) is 1.78. The molecule has 23 heavy (non-hydrogen) atoms. The molecule has 0 saturated heterocycles. The Bertz CT molecular complexity index is 756. The largest absolute Gasteiger partial charge is 0.312 e. The predicted octanol–water partition coefficient (Wildman–Crippen LogP) is 4.73. The van der Waals surface area contributed by atoms with Crippen LogP contribution < -0.4 is 5.32 Å². The quantitative estimate of drug-likeness (QED) is 0.663. The first-order valence-corrected chi connectivity index (χ1v) is 8.13. The maximum absolute atomic E-state index is 6.00. The lowest BCUT2D eigenvalue weighted by atomic mass is 10.0. The zero-order valence-corrected chi connectivity index (χ0v) is 13.6. The summed E-state index contributed by atoms with van der Waals surface area (Å²) in [7, 11) is 0. The standard InChI is InChI=1S/C20H19ClN2/c21-20-8-2-4-16(13-20)9-11-23-14-17-5-1-6-18(12-17)19-7-3-10-22-15-19/h1-8,10,12-13,15,23H,9,11,14H2. The van der Waals surface area contributed by atoms with Crippen LogP contribution in [0.5, 0.6) is 0 Å². The molecule has 0 aliphatic carbocycles. The second-order valence-electron chi connectivity index (χ2n) is 5.50. The zero-order chi connectivity index (χ0) is 15.9. The van der Waals surface area contributed by atoms with Gasteiger partial charge in [-0.15, -0.1) is 0 Å². The lowest BCUT2D eigenvalue weighted by molar-refractivity contribution is 0.687. The highest BCUT2D eigenvalue weighted by molar-refractivity contribution is 6.30. The molecule has 0 aliphatic rings. The molecule has 3 heteroatoms. The molecule has 0 fully saturated rings. The second kappa shape index (κ2) is 7.91. The molecule has 0 saturated carbocycles. The third-order valence-electron chi connectivity index (χ3n) is 3.73. The number of hydrogen-bond acceptors (Lipinski definition) is 2. The highest BCUT2D eigenvalue weighted by atomic mass is 35.5. The van der Waals surface area contributed by atoms with E-state index in [0.717, 1.165) is 30.1 Å². The third-order valence-corrected chi connectivity index (χ3v) is 3.97. The first-order chi connectivity index (χ1) is 11.3. The molecular formula is C20H19ClN2. The minimum Gasteiger partial charge on any atom is -0.312 e. The highest BCUT2D eigenvalue weighted by Gasteiger charge is 2.00. The molecule has 1 heterocycles. The minimum atomic E-state index is 0.798. The van der Waals surface area contributed by atoms with Crippen molar-refractivity contribution >= 4 is 11.6 Å². The fourth-order valence-corrected chi connectivity index (χ4v) is 2.77. The number of rotatable bonds is 6. The third kappa shape index (κ3) is 4.65. The van der Waals surface area contributed by atoms with Gasteiger partial charge in [0.15, 0.2) is 0 Å². The molecule has 2 nitrogen and oxygen atoms in total. The van der Waals surface area contributed by atoms with Gasteiger partial charge in [-0.05, 0) is 59.5 Å². The Morgan fingerprint density at radius 3 is 2.52 bits per heavy atom. The summed E-state index contributed by atoms with van der Waals surface area (Å²) in [5.41, 5.74) is 4.88. The average molecular weight is 323 g/mol. The Morgan fingerprint density at radius 1 is 0.870 bits per heavy atom. The van der Waals surface area contributed by atoms with E-state index in [-0.39, 0.29) is 0 Å². The molecule has 0 atom stereocenters. The van der Waals surface area contributed by atoms with Gasteiger partial charge in [-0.1, -0.05) is 48.0 Å². The first-order valence-electron chi connectivity index (χ1n) is 7.76. The van der Waals surface area contributed by atoms with Crippen LogP contribution in [0.3, 0.4) is 0 Å². The van der Waals surface area contributed by atoms with Gasteiger partial charge in [-0.2, -0.15) is 0 Å². The molecule has 116 valence electrons. The number of benzene rings is 2. The maximum atomic E-state index is 6.00. The molecule has 2 aromatic carbocycles. The highest BCUT2D eigenvalue weighted by Crippen LogP contribution is 2.19. The van der Waals surface area contributed by atoms with Crippen LogP contribution in [0.2, 0.25) is 5.02 Å². The number of aromatic nitrogens is 1. The summed E-state index contributed by atoms with van der Waals surface area (Å²) in [6.07, 6.45) is 4.67. The lowest BCUT2D eigenvalue weighted by Gasteiger charge is -2.08. The van der Waals surface area contributed by atoms with E-state index in [9.17, 15) is 0 Å². The van der Waals surface area contributed by atoms with Gasteiger partial charge in [0.05, 0.1) is 0 Å². The summed E-state index contributed by atoms with van der Waals surface area (Å²) < 4.78 is 0. The van der Waals surface area contributed by atoms with Crippen LogP contribution in [-0.2, 0) is 13.0 Å². The number of pyridine rings is 1. The van der Waals surface area contributed by atoms with Crippen LogP contribution in [0, 0.1) is 0 Å². The van der Waals surface area contributed by atoms with Crippen molar-refractivity contribution in [2.75, 3.05) is 6.54 Å². The van der Waals surface area contributed by atoms with E-state index in [0.29, 0.717) is 0 Å². The fourth-order valence-electron chi connectivity index (χ4n) is 2.55. The van der Waals surface area contributed by atoms with E-state index < -0.39 is 0 Å². The van der Waals surface area contributed by atoms with Crippen LogP contribution in [-0.4, -0.2) is 11.5 Å². The monoisotopic (exact) mass is 322 g/mol. The van der Waals surface area contributed by atoms with Crippen LogP contribution in [0.1, 0.15) is 11.1 Å². The lowest BCUT2D eigenvalue weighted by Crippen LogP contribution is -2.16. The van der Waals surface area contributed by atoms with E-state index in [1.54, 1.807) is 6.20 Å². The Kier molecular flexibility index (Phi) is 5.41. The fraction of sp³-hybridized carbons (Fsp3) is 0.150. The molecule has 0 bridgehead atoms. The normalized spacial score (nSPS) is 10.7. The van der Waals surface area contributed by atoms with Gasteiger partial charge in [0.1, 0.15) is 0 Å². The van der Waals surface area contributed by atoms with Crippen molar-refractivity contribution in [2.45, 2.75) is 13.0 Å². The number of nitrogens with one attached hydrogen (secondary N) is 1. The van der Waals surface area contributed by atoms with E-state index in [4.69, 9.17) is 11.6 Å². The first kappa shape index (κ1) is 15.7. The molecule has 1 N–H and O–H groups in total. The van der Waals surface area contributed by atoms with Crippen LogP contribution in [0.4, 0.5) is 0 Å². The second-order valence-corrected chi connectivity index (χ2v) is 5.94. The Balaban J connectivity index is 1.55. The zero-order valence-electron chi connectivity index (χ0n) is 12.9. The molecule has 3 aromatic rings. The number of nitrogens with zero attached hydrogens (tertiary/aromatic N) is 1. The maximum Gasteiger partial charge on any atom is 0.0408 e. The van der Waals surface area contributed by atoms with Crippen molar-refractivity contribution in [2.24, 2.45) is 0 Å². The summed E-state index contributed by atoms with van der Waals surface area (Å²) in [5, 5.41) is 4.29. The van der Waals surface area contributed by atoms with Crippen LogP contribution >= 0.6 is 11.6 Å². The van der Waals surface area contributed by atoms with Crippen molar-refractivity contribution < 1.29 is 0 Å². The Morgan fingerprint density at radius 2 is 1.70 bits per heavy atom. The van der Waals surface area contributed by atoms with Crippen LogP contribution in [0.15, 0.2) is 73.1 Å². The van der Waals surface area contributed by atoms with E-state index in [1.165, 1.54) is 16.7 Å². The van der Waals surface area contributed by atoms with Gasteiger partial charge >= 0.3 is 0 Å². The molecule has 3 rings (SSSR count). The topological polar surface area (TPSA) is 24.9 Å². The van der Waals surface area contributed by atoms with Gasteiger partial charge in [0, 0.05) is 24.0 Å². The van der Waals surface area contributed by atoms with Gasteiger partial charge in [0.2, 0.25) is 0 Å². The van der Waals surface area contributed by atoms with E-state index in [1.807, 2.05) is 30.5 Å². The Labute approximate surface area is 142 Å². The predicted molar refractivity (Wildman–Crippen MR) is 96.5 cm³/mol. The Hall–Kier alpha value is -2.16. The molecule has 0 spiro atoms. The number of halogens is 1. The SMILES string of the molecule is Clc1cccc(CCNCc2cccc(-c3cccnc3)c2)c1. The van der Waals surface area contributed by atoms with Crippen LogP contribution in [0.25, 0.3) is 11.1 Å². The summed E-state index contributed by atoms with van der Waals surface area (Å²) in [6, 6.07) is 20.6. The van der Waals surface area contributed by atoms with Gasteiger partial charge < -0.3 is 5.32 Å². The molecule has 0 unspecified atom stereocenters. The summed E-state index contributed by atoms with van der Waals surface area (Å²) in [4.78, 5) is 4.18. The summed E-state index contributed by atoms with van der Waals surface area (Å²) in [5.74, 6) is 0. The molecule has 0 amide bonds. The van der Waals surface area contributed by atoms with Gasteiger partial charge in [0.25, 0.3) is 0 Å². The summed E-state index contributed by atoms with van der Waals surface area (Å²) >= 11 is 6.00. The smallest absolute Gasteiger partial charge is 0.0408 e. The van der Waals surface area contributed by atoms with E-state index >= 15 is 0 Å². The van der Waals surface area contributed by atoms with Crippen molar-refractivity contribution in [3.8, 4) is 11.1 Å². The number of hydrogen-bond donors (Lipinski definition) is 1. The average Bonchev–Trinajstić information content (AvgIpc) is 2.60. The van der Waals surface area contributed by atoms with Crippen molar-refractivity contribution in [3.63, 3.8) is 0 Å². The molecular weight excluding hydrogens is 304 g/mol. The van der Waals surface area contributed by atoms with Gasteiger partial charge in [-0.3, -0.25) is 4.98 Å².